The summed E-state index contributed by atoms with van der Waals surface area (Å²) in [5.74, 6) is 3.56. The molecule has 294 valence electrons. The molecule has 1 spiro atoms. The Kier molecular flexibility index (Phi) is 7.96. The molecule has 13 rings (SSSR count). The minimum atomic E-state index is -0.612. The molecular weight excluding hydrogens is 787 g/mol. The summed E-state index contributed by atoms with van der Waals surface area (Å²) < 4.78 is 9.21. The van der Waals surface area contributed by atoms with Crippen LogP contribution in [0.3, 0.4) is 0 Å². The number of rotatable bonds is 5. The van der Waals surface area contributed by atoms with Gasteiger partial charge in [-0.15, -0.1) is 11.3 Å². The van der Waals surface area contributed by atoms with Crippen molar-refractivity contribution in [3.05, 3.63) is 235 Å². The van der Waals surface area contributed by atoms with Crippen LogP contribution in [0, 0.1) is 0 Å². The molecule has 2 aliphatic rings. The summed E-state index contributed by atoms with van der Waals surface area (Å²) in [4.78, 5) is 16.0. The Morgan fingerprint density at radius 2 is 0.857 bits per heavy atom. The number of aromatic nitrogens is 3. The molecular formula is C58H35N3OS. The van der Waals surface area contributed by atoms with E-state index in [9.17, 15) is 0 Å². The quantitative estimate of drug-likeness (QED) is 0.173. The summed E-state index contributed by atoms with van der Waals surface area (Å²) in [6, 6.07) is 75.3. The van der Waals surface area contributed by atoms with Gasteiger partial charge in [0.25, 0.3) is 0 Å². The van der Waals surface area contributed by atoms with Crippen LogP contribution in [0.4, 0.5) is 0 Å². The molecule has 0 N–H and O–H groups in total. The maximum atomic E-state index is 6.63. The Balaban J connectivity index is 1.01. The molecule has 3 heterocycles. The molecule has 11 aromatic rings. The lowest BCUT2D eigenvalue weighted by molar-refractivity contribution is 0.436. The lowest BCUT2D eigenvalue weighted by atomic mass is 9.66. The van der Waals surface area contributed by atoms with E-state index in [1.165, 1.54) is 48.0 Å². The van der Waals surface area contributed by atoms with Gasteiger partial charge in [-0.1, -0.05) is 188 Å². The van der Waals surface area contributed by atoms with Gasteiger partial charge in [-0.3, -0.25) is 0 Å². The zero-order valence-electron chi connectivity index (χ0n) is 33.9. The van der Waals surface area contributed by atoms with E-state index < -0.39 is 5.41 Å². The van der Waals surface area contributed by atoms with Gasteiger partial charge in [0.1, 0.15) is 11.5 Å². The van der Waals surface area contributed by atoms with Crippen LogP contribution in [-0.2, 0) is 5.41 Å². The first-order valence-electron chi connectivity index (χ1n) is 21.3. The first kappa shape index (κ1) is 35.7. The van der Waals surface area contributed by atoms with Gasteiger partial charge >= 0.3 is 0 Å². The topological polar surface area (TPSA) is 47.9 Å². The van der Waals surface area contributed by atoms with Crippen LogP contribution in [0.1, 0.15) is 22.3 Å². The summed E-state index contributed by atoms with van der Waals surface area (Å²) >= 11 is 1.85. The second kappa shape index (κ2) is 14.0. The van der Waals surface area contributed by atoms with Crippen molar-refractivity contribution in [2.45, 2.75) is 5.41 Å². The van der Waals surface area contributed by atoms with Crippen molar-refractivity contribution in [2.75, 3.05) is 0 Å². The van der Waals surface area contributed by atoms with E-state index in [4.69, 9.17) is 19.7 Å². The number of hydrogen-bond acceptors (Lipinski definition) is 5. The number of thiophene rings is 1. The van der Waals surface area contributed by atoms with Crippen molar-refractivity contribution in [3.63, 3.8) is 0 Å². The van der Waals surface area contributed by atoms with E-state index in [1.807, 2.05) is 17.4 Å². The van der Waals surface area contributed by atoms with E-state index in [0.29, 0.717) is 17.5 Å². The SMILES string of the molecule is c1ccc(-c2ccccc2-c2nc(-c3ccc(-c4cccc5c4sc4ccccc45)cc3)nc(-c3ccc4c(c3)C3(c5ccccc5Oc5ccccc53)c3ccccc3-4)n2)cc1. The fourth-order valence-corrected chi connectivity index (χ4v) is 11.3. The smallest absolute Gasteiger partial charge is 0.164 e. The molecule has 0 atom stereocenters. The average molecular weight is 822 g/mol. The highest BCUT2D eigenvalue weighted by Crippen LogP contribution is 2.62. The molecule has 0 bridgehead atoms. The Morgan fingerprint density at radius 3 is 1.63 bits per heavy atom. The van der Waals surface area contributed by atoms with Gasteiger partial charge in [-0.05, 0) is 68.8 Å². The Morgan fingerprint density at radius 1 is 0.333 bits per heavy atom. The molecule has 0 unspecified atom stereocenters. The number of fused-ring (bicyclic) bond motifs is 12. The second-order valence-electron chi connectivity index (χ2n) is 16.2. The fourth-order valence-electron chi connectivity index (χ4n) is 10.1. The maximum absolute atomic E-state index is 6.63. The van der Waals surface area contributed by atoms with Gasteiger partial charge in [0.2, 0.25) is 0 Å². The second-order valence-corrected chi connectivity index (χ2v) is 17.3. The standard InChI is InChI=1S/C58H35N3OS/c1-2-15-36(16-3-1)40-17-4-5-20-46(40)57-60-55(38-31-29-37(30-32-38)41-21-14-22-45-44-19-7-13-28-53(44)63-54(41)45)59-56(61-57)39-33-34-43-42-18-6-8-23-47(42)58(50(43)35-39)48-24-9-11-26-51(48)62-52-27-12-10-25-49(52)58/h1-35H. The predicted octanol–water partition coefficient (Wildman–Crippen LogP) is 15.0. The lowest BCUT2D eigenvalue weighted by Gasteiger charge is -2.39. The Bertz CT molecular complexity index is 3570. The van der Waals surface area contributed by atoms with E-state index in [-0.39, 0.29) is 0 Å². The maximum Gasteiger partial charge on any atom is 0.164 e. The number of hydrogen-bond donors (Lipinski definition) is 0. The summed E-state index contributed by atoms with van der Waals surface area (Å²) in [5.41, 5.74) is 13.8. The average Bonchev–Trinajstić information content (AvgIpc) is 3.88. The molecule has 0 saturated carbocycles. The third kappa shape index (κ3) is 5.43. The zero-order chi connectivity index (χ0) is 41.5. The van der Waals surface area contributed by atoms with E-state index in [2.05, 4.69) is 206 Å². The van der Waals surface area contributed by atoms with Gasteiger partial charge in [0, 0.05) is 48.0 Å². The number of para-hydroxylation sites is 2. The van der Waals surface area contributed by atoms with Crippen LogP contribution in [0.2, 0.25) is 0 Å². The first-order chi connectivity index (χ1) is 31.2. The largest absolute Gasteiger partial charge is 0.457 e. The molecule has 0 amide bonds. The number of ether oxygens (including phenoxy) is 1. The molecule has 0 saturated heterocycles. The third-order valence-electron chi connectivity index (χ3n) is 12.9. The minimum absolute atomic E-state index is 0.611. The van der Waals surface area contributed by atoms with Crippen molar-refractivity contribution < 1.29 is 4.74 Å². The van der Waals surface area contributed by atoms with Crippen LogP contribution in [-0.4, -0.2) is 15.0 Å². The molecule has 0 fully saturated rings. The van der Waals surface area contributed by atoms with Crippen LogP contribution in [0.15, 0.2) is 212 Å². The van der Waals surface area contributed by atoms with Gasteiger partial charge in [-0.25, -0.2) is 15.0 Å². The minimum Gasteiger partial charge on any atom is -0.457 e. The molecule has 2 aromatic heterocycles. The fraction of sp³-hybridized carbons (Fsp3) is 0.0172. The lowest BCUT2D eigenvalue weighted by Crippen LogP contribution is -2.32. The highest BCUT2D eigenvalue weighted by Gasteiger charge is 2.51. The van der Waals surface area contributed by atoms with Gasteiger partial charge in [0.05, 0.1) is 5.41 Å². The molecule has 1 aliphatic carbocycles. The number of nitrogens with zero attached hydrogens (tertiary/aromatic N) is 3. The van der Waals surface area contributed by atoms with Crippen molar-refractivity contribution in [2.24, 2.45) is 0 Å². The third-order valence-corrected chi connectivity index (χ3v) is 14.1. The van der Waals surface area contributed by atoms with Crippen LogP contribution in [0.25, 0.3) is 87.7 Å². The van der Waals surface area contributed by atoms with Gasteiger partial charge < -0.3 is 4.74 Å². The zero-order valence-corrected chi connectivity index (χ0v) is 34.7. The summed E-state index contributed by atoms with van der Waals surface area (Å²) in [7, 11) is 0. The summed E-state index contributed by atoms with van der Waals surface area (Å²) in [6.45, 7) is 0. The molecule has 1 aliphatic heterocycles. The van der Waals surface area contributed by atoms with Crippen molar-refractivity contribution in [3.8, 4) is 79.0 Å². The molecule has 63 heavy (non-hydrogen) atoms. The molecule has 5 heteroatoms. The summed E-state index contributed by atoms with van der Waals surface area (Å²) in [5, 5.41) is 2.58. The van der Waals surface area contributed by atoms with Crippen molar-refractivity contribution >= 4 is 31.5 Å². The van der Waals surface area contributed by atoms with E-state index >= 15 is 0 Å². The molecule has 9 aromatic carbocycles. The van der Waals surface area contributed by atoms with Gasteiger partial charge in [-0.2, -0.15) is 0 Å². The Labute approximate surface area is 368 Å². The molecule has 0 radical (unpaired) electrons. The summed E-state index contributed by atoms with van der Waals surface area (Å²) in [6.07, 6.45) is 0. The first-order valence-corrected chi connectivity index (χ1v) is 22.1. The van der Waals surface area contributed by atoms with E-state index in [1.54, 1.807) is 0 Å². The van der Waals surface area contributed by atoms with Crippen LogP contribution in [0.5, 0.6) is 11.5 Å². The molecule has 4 nitrogen and oxygen atoms in total. The highest BCUT2D eigenvalue weighted by molar-refractivity contribution is 7.26. The number of benzene rings is 9. The normalized spacial score (nSPS) is 13.0. The van der Waals surface area contributed by atoms with E-state index in [0.717, 1.165) is 56.0 Å². The van der Waals surface area contributed by atoms with Crippen LogP contribution >= 0.6 is 11.3 Å². The van der Waals surface area contributed by atoms with Crippen LogP contribution < -0.4 is 4.74 Å². The monoisotopic (exact) mass is 821 g/mol. The predicted molar refractivity (Wildman–Crippen MR) is 257 cm³/mol. The van der Waals surface area contributed by atoms with Gasteiger partial charge in [0.15, 0.2) is 17.5 Å². The van der Waals surface area contributed by atoms with Crippen molar-refractivity contribution in [1.82, 2.24) is 15.0 Å². The Hall–Kier alpha value is -7.99. The van der Waals surface area contributed by atoms with Crippen molar-refractivity contribution in [1.29, 1.82) is 0 Å². The highest BCUT2D eigenvalue weighted by atomic mass is 32.1.